The third-order valence-corrected chi connectivity index (χ3v) is 6.42. The van der Waals surface area contributed by atoms with Gasteiger partial charge < -0.3 is 20.1 Å². The molecule has 7 nitrogen and oxygen atoms in total. The first-order chi connectivity index (χ1) is 18.1. The average molecular weight is 505 g/mol. The second kappa shape index (κ2) is 13.7. The molecule has 1 aromatic heterocycles. The lowest BCUT2D eigenvalue weighted by Crippen LogP contribution is -2.35. The summed E-state index contributed by atoms with van der Waals surface area (Å²) in [5, 5.41) is 13.4. The van der Waals surface area contributed by atoms with Gasteiger partial charge in [-0.05, 0) is 48.4 Å². The van der Waals surface area contributed by atoms with Crippen LogP contribution in [-0.2, 0) is 17.7 Å². The smallest absolute Gasteiger partial charge is 0.293 e. The summed E-state index contributed by atoms with van der Waals surface area (Å²) in [4.78, 5) is 20.7. The van der Waals surface area contributed by atoms with Crippen molar-refractivity contribution in [3.8, 4) is 17.6 Å². The minimum Gasteiger partial charge on any atom is -0.502 e. The van der Waals surface area contributed by atoms with Gasteiger partial charge in [0.05, 0.1) is 31.9 Å². The highest BCUT2D eigenvalue weighted by molar-refractivity contribution is 5.44. The molecule has 4 rings (SSSR count). The van der Waals surface area contributed by atoms with Crippen molar-refractivity contribution in [3.05, 3.63) is 93.2 Å². The Hall–Kier alpha value is -3.51. The molecule has 1 aliphatic rings. The minimum absolute atomic E-state index is 0.0548. The normalized spacial score (nSPS) is 14.6. The number of hydrogen-bond acceptors (Lipinski definition) is 6. The van der Waals surface area contributed by atoms with Crippen molar-refractivity contribution < 1.29 is 14.2 Å². The monoisotopic (exact) mass is 504 g/mol. The zero-order valence-electron chi connectivity index (χ0n) is 20.9. The number of nitrogens with one attached hydrogen (secondary N) is 2. The van der Waals surface area contributed by atoms with E-state index < -0.39 is 5.56 Å². The Morgan fingerprint density at radius 2 is 1.76 bits per heavy atom. The number of alkyl halides is 1. The molecular weight excluding hydrogens is 471 g/mol. The number of aromatic hydroxyl groups is 1. The maximum absolute atomic E-state index is 12.5. The number of halogens is 1. The van der Waals surface area contributed by atoms with Crippen molar-refractivity contribution in [1.82, 2.24) is 20.2 Å². The molecule has 0 unspecified atom stereocenters. The molecule has 3 N–H and O–H groups in total. The van der Waals surface area contributed by atoms with E-state index >= 15 is 0 Å². The highest BCUT2D eigenvalue weighted by atomic mass is 19.1. The molecule has 0 amide bonds. The van der Waals surface area contributed by atoms with Crippen LogP contribution >= 0.6 is 0 Å². The van der Waals surface area contributed by atoms with E-state index in [1.165, 1.54) is 11.9 Å². The van der Waals surface area contributed by atoms with Gasteiger partial charge in [-0.2, -0.15) is 0 Å². The summed E-state index contributed by atoms with van der Waals surface area (Å²) in [5.74, 6) is 6.03. The van der Waals surface area contributed by atoms with Gasteiger partial charge in [-0.3, -0.25) is 14.1 Å². The summed E-state index contributed by atoms with van der Waals surface area (Å²) in [6, 6.07) is 16.3. The van der Waals surface area contributed by atoms with Crippen molar-refractivity contribution in [2.75, 3.05) is 46.1 Å². The predicted octanol–water partition coefficient (Wildman–Crippen LogP) is 2.98. The Balaban J connectivity index is 1.41. The first-order valence-electron chi connectivity index (χ1n) is 12.7. The molecule has 1 saturated heterocycles. The lowest BCUT2D eigenvalue weighted by atomic mass is 9.93. The number of ether oxygens (including phenoxy) is 1. The molecule has 1 atom stereocenters. The van der Waals surface area contributed by atoms with Crippen molar-refractivity contribution in [2.24, 2.45) is 0 Å². The molecule has 0 aliphatic carbocycles. The number of nitrogens with zero attached hydrogens (tertiary/aromatic N) is 2. The van der Waals surface area contributed by atoms with E-state index in [0.29, 0.717) is 31.6 Å². The van der Waals surface area contributed by atoms with Gasteiger partial charge in [-0.1, -0.05) is 36.1 Å². The topological polar surface area (TPSA) is 90.5 Å². The van der Waals surface area contributed by atoms with Gasteiger partial charge >= 0.3 is 0 Å². The van der Waals surface area contributed by atoms with Crippen LogP contribution in [0.2, 0.25) is 0 Å². The first kappa shape index (κ1) is 26.6. The number of H-pyrrole nitrogens is 1. The Labute approximate surface area is 216 Å². The molecule has 2 aromatic carbocycles. The van der Waals surface area contributed by atoms with E-state index in [9.17, 15) is 14.3 Å². The molecule has 2 heterocycles. The van der Waals surface area contributed by atoms with Gasteiger partial charge in [-0.15, -0.1) is 0 Å². The zero-order valence-corrected chi connectivity index (χ0v) is 20.9. The number of aromatic nitrogens is 2. The molecule has 0 spiro atoms. The summed E-state index contributed by atoms with van der Waals surface area (Å²) in [7, 11) is 0. The fourth-order valence-electron chi connectivity index (χ4n) is 4.28. The molecule has 8 heteroatoms. The SMILES string of the molecule is O=c1[nH]cnc(C[C@@H](CNCCCF)c2ccc(C#Cc3ccc(CN4CCOCC4)cc3)cc2)c1O. The quantitative estimate of drug-likeness (QED) is 0.291. The Morgan fingerprint density at radius 1 is 1.08 bits per heavy atom. The van der Waals surface area contributed by atoms with Crippen molar-refractivity contribution >= 4 is 0 Å². The van der Waals surface area contributed by atoms with E-state index in [1.807, 2.05) is 24.3 Å². The molecule has 0 radical (unpaired) electrons. The molecule has 0 bridgehead atoms. The Bertz CT molecular complexity index is 1240. The van der Waals surface area contributed by atoms with Crippen LogP contribution in [0.3, 0.4) is 0 Å². The number of morpholine rings is 1. The fourth-order valence-corrected chi connectivity index (χ4v) is 4.28. The van der Waals surface area contributed by atoms with Gasteiger partial charge in [0.1, 0.15) is 0 Å². The van der Waals surface area contributed by atoms with E-state index in [4.69, 9.17) is 4.74 Å². The van der Waals surface area contributed by atoms with E-state index in [1.54, 1.807) is 0 Å². The Morgan fingerprint density at radius 3 is 2.43 bits per heavy atom. The maximum Gasteiger partial charge on any atom is 0.293 e. The minimum atomic E-state index is -0.561. The van der Waals surface area contributed by atoms with E-state index in [-0.39, 0.29) is 18.3 Å². The van der Waals surface area contributed by atoms with Crippen LogP contribution in [0.25, 0.3) is 0 Å². The average Bonchev–Trinajstić information content (AvgIpc) is 2.93. The van der Waals surface area contributed by atoms with Crippen molar-refractivity contribution in [2.45, 2.75) is 25.3 Å². The van der Waals surface area contributed by atoms with Crippen LogP contribution in [0.15, 0.2) is 59.7 Å². The molecule has 1 aliphatic heterocycles. The van der Waals surface area contributed by atoms with Crippen LogP contribution in [0, 0.1) is 11.8 Å². The number of hydrogen-bond donors (Lipinski definition) is 3. The number of rotatable bonds is 10. The second-order valence-corrected chi connectivity index (χ2v) is 9.13. The second-order valence-electron chi connectivity index (χ2n) is 9.13. The molecule has 37 heavy (non-hydrogen) atoms. The molecule has 3 aromatic rings. The van der Waals surface area contributed by atoms with E-state index in [2.05, 4.69) is 56.3 Å². The highest BCUT2D eigenvalue weighted by Crippen LogP contribution is 2.23. The van der Waals surface area contributed by atoms with Crippen LogP contribution < -0.4 is 10.9 Å². The van der Waals surface area contributed by atoms with E-state index in [0.717, 1.165) is 49.5 Å². The summed E-state index contributed by atoms with van der Waals surface area (Å²) in [6.45, 7) is 5.19. The highest BCUT2D eigenvalue weighted by Gasteiger charge is 2.17. The maximum atomic E-state index is 12.5. The lowest BCUT2D eigenvalue weighted by Gasteiger charge is -2.26. The summed E-state index contributed by atoms with van der Waals surface area (Å²) in [5.41, 5.74) is 3.91. The van der Waals surface area contributed by atoms with Crippen LogP contribution in [0.1, 0.15) is 40.3 Å². The third-order valence-electron chi connectivity index (χ3n) is 6.42. The number of benzene rings is 2. The van der Waals surface area contributed by atoms with Crippen LogP contribution in [0.4, 0.5) is 4.39 Å². The summed E-state index contributed by atoms with van der Waals surface area (Å²) in [6.07, 6.45) is 2.10. The first-order valence-corrected chi connectivity index (χ1v) is 12.7. The fraction of sp³-hybridized carbons (Fsp3) is 0.379. The third kappa shape index (κ3) is 7.99. The van der Waals surface area contributed by atoms with Gasteiger partial charge in [0.15, 0.2) is 0 Å². The summed E-state index contributed by atoms with van der Waals surface area (Å²) < 4.78 is 17.9. The molecule has 1 fully saturated rings. The Kier molecular flexibility index (Phi) is 9.83. The van der Waals surface area contributed by atoms with Gasteiger partial charge in [0.2, 0.25) is 5.75 Å². The molecule has 194 valence electrons. The van der Waals surface area contributed by atoms with Crippen molar-refractivity contribution in [1.29, 1.82) is 0 Å². The van der Waals surface area contributed by atoms with Gasteiger partial charge in [-0.25, -0.2) is 4.98 Å². The molecule has 0 saturated carbocycles. The molecular formula is C29H33FN4O3. The largest absolute Gasteiger partial charge is 0.502 e. The zero-order chi connectivity index (χ0) is 25.9. The lowest BCUT2D eigenvalue weighted by molar-refractivity contribution is 0.0342. The van der Waals surface area contributed by atoms with Gasteiger partial charge in [0.25, 0.3) is 5.56 Å². The van der Waals surface area contributed by atoms with Crippen LogP contribution in [-0.4, -0.2) is 66.0 Å². The summed E-state index contributed by atoms with van der Waals surface area (Å²) >= 11 is 0. The standard InChI is InChI=1S/C29H33FN4O3/c30-12-1-13-31-19-26(18-27-28(35)29(36)33-21-32-27)25-10-8-23(9-11-25)3-2-22-4-6-24(7-5-22)20-34-14-16-37-17-15-34/h4-11,21,26,31,35H,1,12-20H2,(H,32,33,36)/t26-/m0/s1. The van der Waals surface area contributed by atoms with Crippen molar-refractivity contribution in [3.63, 3.8) is 0 Å². The predicted molar refractivity (Wildman–Crippen MR) is 141 cm³/mol. The van der Waals surface area contributed by atoms with Gasteiger partial charge in [0, 0.05) is 49.6 Å². The number of aromatic amines is 1. The van der Waals surface area contributed by atoms with Crippen LogP contribution in [0.5, 0.6) is 5.75 Å².